The van der Waals surface area contributed by atoms with Gasteiger partial charge in [0.05, 0.1) is 6.54 Å². The van der Waals surface area contributed by atoms with E-state index in [1.807, 2.05) is 13.0 Å². The summed E-state index contributed by atoms with van der Waals surface area (Å²) in [6.45, 7) is 6.36. The van der Waals surface area contributed by atoms with Crippen LogP contribution in [0.2, 0.25) is 0 Å². The Morgan fingerprint density at radius 1 is 1.35 bits per heavy atom. The van der Waals surface area contributed by atoms with Crippen molar-refractivity contribution >= 4 is 40.2 Å². The first kappa shape index (κ1) is 21.9. The predicted octanol–water partition coefficient (Wildman–Crippen LogP) is 2.48. The average Bonchev–Trinajstić information content (AvgIpc) is 2.43. The van der Waals surface area contributed by atoms with E-state index >= 15 is 0 Å². The van der Waals surface area contributed by atoms with Gasteiger partial charge in [0.1, 0.15) is 0 Å². The van der Waals surface area contributed by atoms with Crippen LogP contribution in [-0.2, 0) is 4.79 Å². The smallest absolute Gasteiger partial charge is 0.251 e. The number of nitrogens with two attached hydrogens (primary N) is 1. The van der Waals surface area contributed by atoms with Crippen molar-refractivity contribution in [3.8, 4) is 0 Å². The van der Waals surface area contributed by atoms with Gasteiger partial charge in [-0.3, -0.25) is 9.59 Å². The molecule has 1 rings (SSSR count). The van der Waals surface area contributed by atoms with Crippen LogP contribution in [0.4, 0.5) is 0 Å². The molecule has 0 heterocycles. The monoisotopic (exact) mass is 405 g/mol. The molecule has 1 atom stereocenters. The zero-order valence-corrected chi connectivity index (χ0v) is 16.1. The highest BCUT2D eigenvalue weighted by molar-refractivity contribution is 9.10. The minimum Gasteiger partial charge on any atom is -0.348 e. The van der Waals surface area contributed by atoms with Crippen molar-refractivity contribution in [2.45, 2.75) is 32.7 Å². The summed E-state index contributed by atoms with van der Waals surface area (Å²) in [5.74, 6) is -0.100. The molecule has 5 nitrogen and oxygen atoms in total. The molecule has 2 amide bonds. The highest BCUT2D eigenvalue weighted by Gasteiger charge is 2.25. The fourth-order valence-corrected chi connectivity index (χ4v) is 2.76. The van der Waals surface area contributed by atoms with Crippen LogP contribution in [0.15, 0.2) is 28.7 Å². The van der Waals surface area contributed by atoms with E-state index in [1.54, 1.807) is 18.2 Å². The van der Waals surface area contributed by atoms with Gasteiger partial charge >= 0.3 is 0 Å². The summed E-state index contributed by atoms with van der Waals surface area (Å²) in [4.78, 5) is 24.0. The topological polar surface area (TPSA) is 84.2 Å². The molecule has 0 aliphatic carbocycles. The summed E-state index contributed by atoms with van der Waals surface area (Å²) in [5, 5.41) is 5.52. The summed E-state index contributed by atoms with van der Waals surface area (Å²) >= 11 is 3.31. The lowest BCUT2D eigenvalue weighted by Crippen LogP contribution is -2.54. The van der Waals surface area contributed by atoms with E-state index in [9.17, 15) is 9.59 Å². The molecule has 1 aromatic rings. The van der Waals surface area contributed by atoms with Crippen molar-refractivity contribution in [2.24, 2.45) is 11.7 Å². The molecule has 7 heteroatoms. The molecular formula is C16H25BrClN3O2. The first-order valence-corrected chi connectivity index (χ1v) is 8.10. The van der Waals surface area contributed by atoms with Gasteiger partial charge in [-0.1, -0.05) is 35.8 Å². The van der Waals surface area contributed by atoms with Gasteiger partial charge in [0.15, 0.2) is 0 Å². The molecule has 0 aromatic heterocycles. The third-order valence-corrected chi connectivity index (χ3v) is 3.74. The molecule has 0 aliphatic rings. The normalized spacial score (nSPS) is 13.0. The highest BCUT2D eigenvalue weighted by Crippen LogP contribution is 2.15. The largest absolute Gasteiger partial charge is 0.348 e. The lowest BCUT2D eigenvalue weighted by molar-refractivity contribution is -0.121. The standard InChI is InChI=1S/C16H24BrN3O2.ClH/c1-11(2)8-16(3,10-18)20-14(21)9-19-15(22)12-5-4-6-13(17)7-12;/h4-7,11H,8-10,18H2,1-3H3,(H,19,22)(H,20,21);1H. The zero-order valence-electron chi connectivity index (χ0n) is 13.7. The van der Waals surface area contributed by atoms with Gasteiger partial charge in [0.25, 0.3) is 5.91 Å². The number of carbonyl (C=O) groups excluding carboxylic acids is 2. The molecule has 130 valence electrons. The van der Waals surface area contributed by atoms with Crippen LogP contribution in [0.1, 0.15) is 37.6 Å². The molecule has 0 fully saturated rings. The lowest BCUT2D eigenvalue weighted by Gasteiger charge is -2.31. The summed E-state index contributed by atoms with van der Waals surface area (Å²) in [5.41, 5.74) is 5.81. The minimum atomic E-state index is -0.453. The fraction of sp³-hybridized carbons (Fsp3) is 0.500. The third kappa shape index (κ3) is 7.81. The summed E-state index contributed by atoms with van der Waals surface area (Å²) < 4.78 is 0.817. The van der Waals surface area contributed by atoms with Gasteiger partial charge in [-0.05, 0) is 37.5 Å². The van der Waals surface area contributed by atoms with Crippen LogP contribution in [0, 0.1) is 5.92 Å². The van der Waals surface area contributed by atoms with Crippen molar-refractivity contribution in [3.63, 3.8) is 0 Å². The Hall–Kier alpha value is -1.11. The van der Waals surface area contributed by atoms with Gasteiger partial charge in [-0.2, -0.15) is 0 Å². The van der Waals surface area contributed by atoms with E-state index < -0.39 is 5.54 Å². The molecule has 1 aromatic carbocycles. The zero-order chi connectivity index (χ0) is 16.8. The first-order valence-electron chi connectivity index (χ1n) is 7.30. The van der Waals surface area contributed by atoms with E-state index in [0.29, 0.717) is 18.0 Å². The van der Waals surface area contributed by atoms with Gasteiger partial charge < -0.3 is 16.4 Å². The Kier molecular flexibility index (Phi) is 9.42. The Bertz CT molecular complexity index is 540. The summed E-state index contributed by atoms with van der Waals surface area (Å²) in [6.07, 6.45) is 0.787. The van der Waals surface area contributed by atoms with Crippen LogP contribution < -0.4 is 16.4 Å². The predicted molar refractivity (Wildman–Crippen MR) is 98.8 cm³/mol. The maximum Gasteiger partial charge on any atom is 0.251 e. The second kappa shape index (κ2) is 9.90. The van der Waals surface area contributed by atoms with Crippen LogP contribution >= 0.6 is 28.3 Å². The SMILES string of the molecule is CC(C)CC(C)(CN)NC(=O)CNC(=O)c1cccc(Br)c1.Cl. The van der Waals surface area contributed by atoms with Crippen molar-refractivity contribution in [3.05, 3.63) is 34.3 Å². The van der Waals surface area contributed by atoms with E-state index in [2.05, 4.69) is 40.4 Å². The highest BCUT2D eigenvalue weighted by atomic mass is 79.9. The number of nitrogens with one attached hydrogen (secondary N) is 2. The van der Waals surface area contributed by atoms with Crippen LogP contribution in [0.3, 0.4) is 0 Å². The lowest BCUT2D eigenvalue weighted by atomic mass is 9.91. The molecule has 0 aliphatic heterocycles. The molecule has 23 heavy (non-hydrogen) atoms. The molecule has 4 N–H and O–H groups in total. The number of benzene rings is 1. The molecule has 0 saturated carbocycles. The second-order valence-corrected chi connectivity index (χ2v) is 7.02. The summed E-state index contributed by atoms with van der Waals surface area (Å²) in [7, 11) is 0. The number of hydrogen-bond donors (Lipinski definition) is 3. The molecule has 0 radical (unpaired) electrons. The number of rotatable bonds is 7. The van der Waals surface area contributed by atoms with Gasteiger partial charge in [0.2, 0.25) is 5.91 Å². The fourth-order valence-electron chi connectivity index (χ4n) is 2.36. The average molecular weight is 407 g/mol. The van der Waals surface area contributed by atoms with E-state index in [4.69, 9.17) is 5.73 Å². The number of carbonyl (C=O) groups is 2. The Morgan fingerprint density at radius 3 is 2.52 bits per heavy atom. The van der Waals surface area contributed by atoms with Crippen molar-refractivity contribution in [1.82, 2.24) is 10.6 Å². The third-order valence-electron chi connectivity index (χ3n) is 3.25. The van der Waals surface area contributed by atoms with Crippen molar-refractivity contribution in [1.29, 1.82) is 0 Å². The molecular weight excluding hydrogens is 382 g/mol. The Labute approximate surface area is 152 Å². The Morgan fingerprint density at radius 2 is 2.00 bits per heavy atom. The van der Waals surface area contributed by atoms with Crippen molar-refractivity contribution < 1.29 is 9.59 Å². The van der Waals surface area contributed by atoms with E-state index in [-0.39, 0.29) is 30.8 Å². The molecule has 0 saturated heterocycles. The molecule has 0 bridgehead atoms. The van der Waals surface area contributed by atoms with Crippen LogP contribution in [0.25, 0.3) is 0 Å². The summed E-state index contributed by atoms with van der Waals surface area (Å²) in [6, 6.07) is 7.01. The van der Waals surface area contributed by atoms with Gasteiger partial charge in [0, 0.05) is 22.1 Å². The number of amides is 2. The van der Waals surface area contributed by atoms with Crippen molar-refractivity contribution in [2.75, 3.05) is 13.1 Å². The second-order valence-electron chi connectivity index (χ2n) is 6.10. The van der Waals surface area contributed by atoms with Gasteiger partial charge in [-0.15, -0.1) is 12.4 Å². The molecule has 0 spiro atoms. The number of hydrogen-bond acceptors (Lipinski definition) is 3. The first-order chi connectivity index (χ1) is 10.3. The van der Waals surface area contributed by atoms with Gasteiger partial charge in [-0.25, -0.2) is 0 Å². The van der Waals surface area contributed by atoms with E-state index in [1.165, 1.54) is 0 Å². The maximum atomic E-state index is 12.0. The molecule has 1 unspecified atom stereocenters. The Balaban J connectivity index is 0.00000484. The van der Waals surface area contributed by atoms with E-state index in [0.717, 1.165) is 10.9 Å². The minimum absolute atomic E-state index is 0. The maximum absolute atomic E-state index is 12.0. The quantitative estimate of drug-likeness (QED) is 0.650. The van der Waals surface area contributed by atoms with Crippen LogP contribution in [-0.4, -0.2) is 30.4 Å². The number of halogens is 2. The van der Waals surface area contributed by atoms with Crippen LogP contribution in [0.5, 0.6) is 0 Å².